The number of piperidine rings is 1. The van der Waals surface area contributed by atoms with Crippen LogP contribution >= 0.6 is 0 Å². The molecule has 4 heteroatoms. The zero-order valence-electron chi connectivity index (χ0n) is 13.6. The first kappa shape index (κ1) is 16.2. The van der Waals surface area contributed by atoms with Crippen LogP contribution in [0.4, 0.5) is 10.1 Å². The highest BCUT2D eigenvalue weighted by molar-refractivity contribution is 5.54. The van der Waals surface area contributed by atoms with Gasteiger partial charge in [0.25, 0.3) is 0 Å². The summed E-state index contributed by atoms with van der Waals surface area (Å²) < 4.78 is 19.0. The van der Waals surface area contributed by atoms with Crippen molar-refractivity contribution >= 4 is 5.69 Å². The minimum Gasteiger partial charge on any atom is -0.381 e. The SMILES string of the molecule is COC1CCN(c2ccc(F)cc2CNC(C)(C)C)CC1. The van der Waals surface area contributed by atoms with E-state index in [2.05, 4.69) is 31.0 Å². The average molecular weight is 294 g/mol. The monoisotopic (exact) mass is 294 g/mol. The molecule has 0 aliphatic carbocycles. The molecule has 1 aliphatic heterocycles. The van der Waals surface area contributed by atoms with Gasteiger partial charge in [0.15, 0.2) is 0 Å². The van der Waals surface area contributed by atoms with Crippen LogP contribution in [0.3, 0.4) is 0 Å². The van der Waals surface area contributed by atoms with Crippen molar-refractivity contribution in [3.05, 3.63) is 29.6 Å². The van der Waals surface area contributed by atoms with Crippen LogP contribution in [0.5, 0.6) is 0 Å². The molecule has 0 unspecified atom stereocenters. The maximum Gasteiger partial charge on any atom is 0.123 e. The normalized spacial score (nSPS) is 17.3. The van der Waals surface area contributed by atoms with Crippen LogP contribution in [0.2, 0.25) is 0 Å². The Morgan fingerprint density at radius 1 is 1.29 bits per heavy atom. The Morgan fingerprint density at radius 2 is 1.95 bits per heavy atom. The van der Waals surface area contributed by atoms with Gasteiger partial charge in [-0.05, 0) is 57.4 Å². The van der Waals surface area contributed by atoms with Crippen molar-refractivity contribution in [2.45, 2.75) is 51.8 Å². The molecular formula is C17H27FN2O. The van der Waals surface area contributed by atoms with E-state index in [1.807, 2.05) is 6.07 Å². The van der Waals surface area contributed by atoms with Gasteiger partial charge in [0.05, 0.1) is 6.10 Å². The number of halogens is 1. The Hall–Kier alpha value is -1.13. The molecular weight excluding hydrogens is 267 g/mol. The van der Waals surface area contributed by atoms with Crippen molar-refractivity contribution < 1.29 is 9.13 Å². The highest BCUT2D eigenvalue weighted by Crippen LogP contribution is 2.26. The minimum absolute atomic E-state index is 0.0205. The zero-order chi connectivity index (χ0) is 15.5. The number of methoxy groups -OCH3 is 1. The molecule has 0 bridgehead atoms. The predicted octanol–water partition coefficient (Wildman–Crippen LogP) is 3.33. The maximum absolute atomic E-state index is 13.6. The number of hydrogen-bond acceptors (Lipinski definition) is 3. The summed E-state index contributed by atoms with van der Waals surface area (Å²) in [5, 5.41) is 3.45. The van der Waals surface area contributed by atoms with Gasteiger partial charge in [0.2, 0.25) is 0 Å². The van der Waals surface area contributed by atoms with Crippen LogP contribution in [0, 0.1) is 5.82 Å². The fourth-order valence-electron chi connectivity index (χ4n) is 2.70. The van der Waals surface area contributed by atoms with Gasteiger partial charge >= 0.3 is 0 Å². The summed E-state index contributed by atoms with van der Waals surface area (Å²) in [5.41, 5.74) is 2.19. The second-order valence-electron chi connectivity index (χ2n) is 6.80. The summed E-state index contributed by atoms with van der Waals surface area (Å²) in [6, 6.07) is 5.11. The molecule has 1 heterocycles. The molecule has 1 N–H and O–H groups in total. The van der Waals surface area contributed by atoms with Gasteiger partial charge in [0, 0.05) is 38.0 Å². The molecule has 0 amide bonds. The molecule has 1 aliphatic rings. The molecule has 2 rings (SSSR count). The van der Waals surface area contributed by atoms with Crippen LogP contribution in [0.1, 0.15) is 39.2 Å². The summed E-state index contributed by atoms with van der Waals surface area (Å²) in [6.45, 7) is 8.97. The highest BCUT2D eigenvalue weighted by atomic mass is 19.1. The van der Waals surface area contributed by atoms with Crippen molar-refractivity contribution in [1.82, 2.24) is 5.32 Å². The highest BCUT2D eigenvalue weighted by Gasteiger charge is 2.21. The van der Waals surface area contributed by atoms with Gasteiger partial charge in [-0.3, -0.25) is 0 Å². The molecule has 0 spiro atoms. The van der Waals surface area contributed by atoms with E-state index in [1.54, 1.807) is 19.2 Å². The van der Waals surface area contributed by atoms with Crippen LogP contribution < -0.4 is 10.2 Å². The average Bonchev–Trinajstić information content (AvgIpc) is 2.45. The lowest BCUT2D eigenvalue weighted by Crippen LogP contribution is -2.38. The second-order valence-corrected chi connectivity index (χ2v) is 6.80. The summed E-state index contributed by atoms with van der Waals surface area (Å²) in [4.78, 5) is 2.34. The largest absolute Gasteiger partial charge is 0.381 e. The predicted molar refractivity (Wildman–Crippen MR) is 85.2 cm³/mol. The van der Waals surface area contributed by atoms with Crippen LogP contribution in [-0.4, -0.2) is 31.8 Å². The van der Waals surface area contributed by atoms with Crippen molar-refractivity contribution in [1.29, 1.82) is 0 Å². The first-order valence-corrected chi connectivity index (χ1v) is 7.70. The van der Waals surface area contributed by atoms with Crippen molar-refractivity contribution in [3.63, 3.8) is 0 Å². The van der Waals surface area contributed by atoms with Gasteiger partial charge in [-0.15, -0.1) is 0 Å². The Balaban J connectivity index is 2.11. The minimum atomic E-state index is -0.170. The molecule has 0 aromatic heterocycles. The first-order chi connectivity index (χ1) is 9.89. The Morgan fingerprint density at radius 3 is 2.52 bits per heavy atom. The van der Waals surface area contributed by atoms with E-state index in [1.165, 1.54) is 0 Å². The lowest BCUT2D eigenvalue weighted by molar-refractivity contribution is 0.0819. The number of benzene rings is 1. The number of anilines is 1. The number of ether oxygens (including phenoxy) is 1. The van der Waals surface area contributed by atoms with Gasteiger partial charge in [-0.1, -0.05) is 0 Å². The Labute approximate surface area is 127 Å². The molecule has 0 radical (unpaired) electrons. The molecule has 0 saturated carbocycles. The topological polar surface area (TPSA) is 24.5 Å². The molecule has 118 valence electrons. The molecule has 1 saturated heterocycles. The molecule has 1 fully saturated rings. The number of rotatable bonds is 4. The number of hydrogen-bond donors (Lipinski definition) is 1. The first-order valence-electron chi connectivity index (χ1n) is 7.70. The number of nitrogens with zero attached hydrogens (tertiary/aromatic N) is 1. The third kappa shape index (κ3) is 4.68. The summed E-state index contributed by atoms with van der Waals surface area (Å²) in [5.74, 6) is -0.170. The van der Waals surface area contributed by atoms with Crippen molar-refractivity contribution in [3.8, 4) is 0 Å². The summed E-state index contributed by atoms with van der Waals surface area (Å²) in [7, 11) is 1.77. The molecule has 0 atom stereocenters. The van der Waals surface area contributed by atoms with Crippen LogP contribution in [0.15, 0.2) is 18.2 Å². The van der Waals surface area contributed by atoms with E-state index in [-0.39, 0.29) is 11.4 Å². The molecule has 1 aromatic carbocycles. The van der Waals surface area contributed by atoms with E-state index < -0.39 is 0 Å². The van der Waals surface area contributed by atoms with Gasteiger partial charge in [-0.2, -0.15) is 0 Å². The van der Waals surface area contributed by atoms with Gasteiger partial charge in [-0.25, -0.2) is 4.39 Å². The Kier molecular flexibility index (Phi) is 5.22. The van der Waals surface area contributed by atoms with Crippen LogP contribution in [0.25, 0.3) is 0 Å². The fourth-order valence-corrected chi connectivity index (χ4v) is 2.70. The van der Waals surface area contributed by atoms with E-state index in [0.717, 1.165) is 37.2 Å². The Bertz CT molecular complexity index is 462. The lowest BCUT2D eigenvalue weighted by atomic mass is 10.0. The molecule has 21 heavy (non-hydrogen) atoms. The maximum atomic E-state index is 13.6. The summed E-state index contributed by atoms with van der Waals surface area (Å²) in [6.07, 6.45) is 2.41. The van der Waals surface area contributed by atoms with E-state index in [0.29, 0.717) is 12.6 Å². The molecule has 1 aromatic rings. The number of nitrogens with one attached hydrogen (secondary N) is 1. The van der Waals surface area contributed by atoms with E-state index >= 15 is 0 Å². The fraction of sp³-hybridized carbons (Fsp3) is 0.647. The summed E-state index contributed by atoms with van der Waals surface area (Å²) >= 11 is 0. The van der Waals surface area contributed by atoms with Gasteiger partial charge < -0.3 is 15.0 Å². The second kappa shape index (κ2) is 6.75. The van der Waals surface area contributed by atoms with E-state index in [9.17, 15) is 4.39 Å². The van der Waals surface area contributed by atoms with Crippen molar-refractivity contribution in [2.75, 3.05) is 25.1 Å². The molecule has 3 nitrogen and oxygen atoms in total. The van der Waals surface area contributed by atoms with Gasteiger partial charge in [0.1, 0.15) is 5.82 Å². The zero-order valence-corrected chi connectivity index (χ0v) is 13.6. The third-order valence-corrected chi connectivity index (χ3v) is 3.97. The third-order valence-electron chi connectivity index (χ3n) is 3.97. The van der Waals surface area contributed by atoms with Crippen molar-refractivity contribution in [2.24, 2.45) is 0 Å². The standard InChI is InChI=1S/C17H27FN2O/c1-17(2,3)19-12-13-11-14(18)5-6-16(13)20-9-7-15(21-4)8-10-20/h5-6,11,15,19H,7-10,12H2,1-4H3. The lowest BCUT2D eigenvalue weighted by Gasteiger charge is -2.34. The quantitative estimate of drug-likeness (QED) is 0.922. The van der Waals surface area contributed by atoms with E-state index in [4.69, 9.17) is 4.74 Å². The smallest absolute Gasteiger partial charge is 0.123 e. The van der Waals surface area contributed by atoms with Crippen LogP contribution in [-0.2, 0) is 11.3 Å².